The predicted octanol–water partition coefficient (Wildman–Crippen LogP) is 3.49. The van der Waals surface area contributed by atoms with E-state index in [1.54, 1.807) is 0 Å². The summed E-state index contributed by atoms with van der Waals surface area (Å²) in [6.07, 6.45) is 8.46. The summed E-state index contributed by atoms with van der Waals surface area (Å²) < 4.78 is 0. The van der Waals surface area contributed by atoms with Gasteiger partial charge in [-0.1, -0.05) is 12.2 Å². The first-order valence-corrected chi connectivity index (χ1v) is 6.91. The Labute approximate surface area is 111 Å². The molecule has 0 N–H and O–H groups in total. The van der Waals surface area contributed by atoms with Crippen molar-refractivity contribution in [1.29, 1.82) is 0 Å². The van der Waals surface area contributed by atoms with Gasteiger partial charge in [0.15, 0.2) is 0 Å². The van der Waals surface area contributed by atoms with E-state index in [9.17, 15) is 0 Å². The van der Waals surface area contributed by atoms with Crippen molar-refractivity contribution in [1.82, 2.24) is 9.88 Å². The van der Waals surface area contributed by atoms with Crippen LogP contribution < -0.4 is 0 Å². The molecule has 0 aliphatic heterocycles. The summed E-state index contributed by atoms with van der Waals surface area (Å²) in [6.45, 7) is 6.36. The van der Waals surface area contributed by atoms with E-state index in [-0.39, 0.29) is 0 Å². The van der Waals surface area contributed by atoms with Crippen LogP contribution in [0.15, 0.2) is 24.3 Å². The van der Waals surface area contributed by atoms with Crippen molar-refractivity contribution in [3.8, 4) is 0 Å². The van der Waals surface area contributed by atoms with Gasteiger partial charge in [-0.25, -0.2) is 0 Å². The van der Waals surface area contributed by atoms with Crippen LogP contribution in [-0.2, 0) is 6.54 Å². The molecule has 0 saturated heterocycles. The highest BCUT2D eigenvalue weighted by Crippen LogP contribution is 2.19. The highest BCUT2D eigenvalue weighted by molar-refractivity contribution is 5.19. The maximum absolute atomic E-state index is 4.61. The van der Waals surface area contributed by atoms with Gasteiger partial charge in [0.25, 0.3) is 0 Å². The third kappa shape index (κ3) is 3.95. The van der Waals surface area contributed by atoms with Crippen LogP contribution in [0.25, 0.3) is 0 Å². The smallest absolute Gasteiger partial charge is 0.0549 e. The van der Waals surface area contributed by atoms with E-state index < -0.39 is 0 Å². The largest absolute Gasteiger partial charge is 0.300 e. The zero-order valence-corrected chi connectivity index (χ0v) is 11.8. The summed E-state index contributed by atoms with van der Waals surface area (Å²) in [5, 5.41) is 0. The lowest BCUT2D eigenvalue weighted by Gasteiger charge is -2.24. The molecule has 98 valence electrons. The van der Waals surface area contributed by atoms with Gasteiger partial charge in [0.2, 0.25) is 0 Å². The van der Waals surface area contributed by atoms with Crippen LogP contribution in [0.5, 0.6) is 0 Å². The monoisotopic (exact) mass is 244 g/mol. The first-order chi connectivity index (χ1) is 8.63. The maximum atomic E-state index is 4.61. The van der Waals surface area contributed by atoms with Crippen molar-refractivity contribution in [2.24, 2.45) is 5.92 Å². The molecular formula is C16H24N2. The summed E-state index contributed by atoms with van der Waals surface area (Å²) in [7, 11) is 2.21. The molecule has 2 rings (SSSR count). The average Bonchev–Trinajstić information content (AvgIpc) is 2.28. The molecular weight excluding hydrogens is 220 g/mol. The van der Waals surface area contributed by atoms with E-state index in [1.165, 1.54) is 37.1 Å². The Balaban J connectivity index is 1.89. The normalized spacial score (nSPS) is 19.4. The number of pyridine rings is 1. The fourth-order valence-electron chi connectivity index (χ4n) is 2.81. The molecule has 2 nitrogen and oxygen atoms in total. The van der Waals surface area contributed by atoms with E-state index >= 15 is 0 Å². The number of allylic oxidation sites excluding steroid dienone is 2. The molecule has 1 aliphatic carbocycles. The molecule has 0 aromatic carbocycles. The van der Waals surface area contributed by atoms with Crippen molar-refractivity contribution < 1.29 is 0 Å². The first kappa shape index (κ1) is 13.3. The van der Waals surface area contributed by atoms with Gasteiger partial charge in [0.1, 0.15) is 0 Å². The van der Waals surface area contributed by atoms with E-state index in [4.69, 9.17) is 0 Å². The number of aryl methyl sites for hydroxylation is 2. The molecule has 0 bridgehead atoms. The van der Waals surface area contributed by atoms with Gasteiger partial charge in [-0.2, -0.15) is 0 Å². The second-order valence-corrected chi connectivity index (χ2v) is 5.62. The third-order valence-corrected chi connectivity index (χ3v) is 3.53. The standard InChI is InChI=1S/C16H24N2/c1-13-9-14(2)17-16(10-13)12-18(3)11-15-7-5-4-6-8-15/h4-5,9-10,15H,6-8,11-12H2,1-3H3/t15-/m1/s1. The number of nitrogens with zero attached hydrogens (tertiary/aromatic N) is 2. The van der Waals surface area contributed by atoms with E-state index in [0.717, 1.165) is 18.2 Å². The highest BCUT2D eigenvalue weighted by atomic mass is 15.1. The number of rotatable bonds is 4. The molecule has 18 heavy (non-hydrogen) atoms. The van der Waals surface area contributed by atoms with Crippen LogP contribution >= 0.6 is 0 Å². The molecule has 0 saturated carbocycles. The highest BCUT2D eigenvalue weighted by Gasteiger charge is 2.13. The van der Waals surface area contributed by atoms with Gasteiger partial charge in [-0.3, -0.25) is 4.98 Å². The summed E-state index contributed by atoms with van der Waals surface area (Å²) in [5.41, 5.74) is 3.63. The molecule has 0 fully saturated rings. The average molecular weight is 244 g/mol. The molecule has 1 aliphatic rings. The van der Waals surface area contributed by atoms with Crippen LogP contribution in [0.4, 0.5) is 0 Å². The first-order valence-electron chi connectivity index (χ1n) is 6.91. The van der Waals surface area contributed by atoms with Gasteiger partial charge >= 0.3 is 0 Å². The van der Waals surface area contributed by atoms with Crippen molar-refractivity contribution in [2.75, 3.05) is 13.6 Å². The molecule has 1 aromatic rings. The quantitative estimate of drug-likeness (QED) is 0.754. The fraction of sp³-hybridized carbons (Fsp3) is 0.562. The summed E-state index contributed by atoms with van der Waals surface area (Å²) >= 11 is 0. The second-order valence-electron chi connectivity index (χ2n) is 5.62. The fourth-order valence-corrected chi connectivity index (χ4v) is 2.81. The minimum absolute atomic E-state index is 0.825. The minimum Gasteiger partial charge on any atom is -0.300 e. The van der Waals surface area contributed by atoms with Crippen LogP contribution in [0, 0.1) is 19.8 Å². The Morgan fingerprint density at radius 2 is 2.11 bits per heavy atom. The van der Waals surface area contributed by atoms with Gasteiger partial charge in [0, 0.05) is 18.8 Å². The molecule has 1 aromatic heterocycles. The third-order valence-electron chi connectivity index (χ3n) is 3.53. The molecule has 0 spiro atoms. The summed E-state index contributed by atoms with van der Waals surface area (Å²) in [4.78, 5) is 7.02. The van der Waals surface area contributed by atoms with Gasteiger partial charge in [-0.15, -0.1) is 0 Å². The Hall–Kier alpha value is -1.15. The van der Waals surface area contributed by atoms with E-state index in [1.807, 2.05) is 0 Å². The summed E-state index contributed by atoms with van der Waals surface area (Å²) in [6, 6.07) is 4.33. The molecule has 1 heterocycles. The molecule has 0 amide bonds. The second kappa shape index (κ2) is 6.14. The lowest BCUT2D eigenvalue weighted by molar-refractivity contribution is 0.256. The number of hydrogen-bond donors (Lipinski definition) is 0. The number of hydrogen-bond acceptors (Lipinski definition) is 2. The lowest BCUT2D eigenvalue weighted by Crippen LogP contribution is -2.26. The predicted molar refractivity (Wildman–Crippen MR) is 76.5 cm³/mol. The summed E-state index contributed by atoms with van der Waals surface area (Å²) in [5.74, 6) is 0.825. The van der Waals surface area contributed by atoms with Gasteiger partial charge < -0.3 is 4.90 Å². The zero-order chi connectivity index (χ0) is 13.0. The van der Waals surface area contributed by atoms with Crippen molar-refractivity contribution in [3.05, 3.63) is 41.2 Å². The van der Waals surface area contributed by atoms with Crippen LogP contribution in [0.2, 0.25) is 0 Å². The SMILES string of the molecule is Cc1cc(C)nc(CN(C)C[C@@H]2CC=CCC2)c1. The van der Waals surface area contributed by atoms with Gasteiger partial charge in [0.05, 0.1) is 5.69 Å². The van der Waals surface area contributed by atoms with E-state index in [0.29, 0.717) is 0 Å². The maximum Gasteiger partial charge on any atom is 0.0549 e. The van der Waals surface area contributed by atoms with Crippen molar-refractivity contribution in [2.45, 2.75) is 39.7 Å². The van der Waals surface area contributed by atoms with Crippen molar-refractivity contribution in [3.63, 3.8) is 0 Å². The minimum atomic E-state index is 0.825. The molecule has 0 unspecified atom stereocenters. The Bertz CT molecular complexity index is 403. The van der Waals surface area contributed by atoms with Crippen LogP contribution in [0.3, 0.4) is 0 Å². The van der Waals surface area contributed by atoms with Crippen LogP contribution in [-0.4, -0.2) is 23.5 Å². The molecule has 2 heteroatoms. The van der Waals surface area contributed by atoms with Crippen molar-refractivity contribution >= 4 is 0 Å². The lowest BCUT2D eigenvalue weighted by atomic mass is 9.94. The Morgan fingerprint density at radius 3 is 2.78 bits per heavy atom. The van der Waals surface area contributed by atoms with E-state index in [2.05, 4.69) is 55.1 Å². The van der Waals surface area contributed by atoms with Gasteiger partial charge in [-0.05, 0) is 63.8 Å². The van der Waals surface area contributed by atoms with Crippen LogP contribution in [0.1, 0.15) is 36.2 Å². The molecule has 0 radical (unpaired) electrons. The number of aromatic nitrogens is 1. The molecule has 1 atom stereocenters. The Morgan fingerprint density at radius 1 is 1.28 bits per heavy atom. The zero-order valence-electron chi connectivity index (χ0n) is 11.8. The Kier molecular flexibility index (Phi) is 4.54. The topological polar surface area (TPSA) is 16.1 Å².